The number of ether oxygens (including phenoxy) is 1. The Morgan fingerprint density at radius 2 is 1.92 bits per heavy atom. The predicted octanol–water partition coefficient (Wildman–Crippen LogP) is 3.50. The molecule has 3 rings (SSSR count). The number of nitrogens with zero attached hydrogens (tertiary/aromatic N) is 2. The molecular weight excluding hydrogens is 340 g/mol. The van der Waals surface area contributed by atoms with Crippen LogP contribution in [0.4, 0.5) is 0 Å². The fourth-order valence-electron chi connectivity index (χ4n) is 2.21. The molecule has 25 heavy (non-hydrogen) atoms. The first-order chi connectivity index (χ1) is 12.2. The summed E-state index contributed by atoms with van der Waals surface area (Å²) in [6.07, 6.45) is 3.17. The summed E-state index contributed by atoms with van der Waals surface area (Å²) in [6, 6.07) is 14.1. The lowest BCUT2D eigenvalue weighted by molar-refractivity contribution is 0.0955. The van der Waals surface area contributed by atoms with Gasteiger partial charge in [0.2, 0.25) is 0 Å². The molecule has 7 heteroatoms. The van der Waals surface area contributed by atoms with E-state index in [0.29, 0.717) is 10.6 Å². The Hall–Kier alpha value is -3.12. The molecule has 0 radical (unpaired) electrons. The third kappa shape index (κ3) is 4.05. The number of halogens is 1. The van der Waals surface area contributed by atoms with Gasteiger partial charge in [0.25, 0.3) is 5.91 Å². The number of hydrogen-bond donors (Lipinski definition) is 2. The number of methoxy groups -OCH3 is 1. The largest absolute Gasteiger partial charge is 0.497 e. The van der Waals surface area contributed by atoms with Crippen molar-refractivity contribution in [3.8, 4) is 17.0 Å². The highest BCUT2D eigenvalue weighted by Gasteiger charge is 2.07. The highest BCUT2D eigenvalue weighted by molar-refractivity contribution is 6.30. The van der Waals surface area contributed by atoms with Crippen molar-refractivity contribution in [1.82, 2.24) is 15.6 Å². The molecule has 2 N–H and O–H groups in total. The van der Waals surface area contributed by atoms with E-state index in [0.717, 1.165) is 22.6 Å². The van der Waals surface area contributed by atoms with Gasteiger partial charge in [0.1, 0.15) is 5.75 Å². The van der Waals surface area contributed by atoms with Crippen molar-refractivity contribution in [3.63, 3.8) is 0 Å². The predicted molar refractivity (Wildman–Crippen MR) is 97.1 cm³/mol. The lowest BCUT2D eigenvalue weighted by atomic mass is 10.1. The van der Waals surface area contributed by atoms with Crippen molar-refractivity contribution in [2.24, 2.45) is 5.10 Å². The van der Waals surface area contributed by atoms with Crippen LogP contribution in [-0.2, 0) is 0 Å². The van der Waals surface area contributed by atoms with Crippen LogP contribution in [0, 0.1) is 0 Å². The van der Waals surface area contributed by atoms with Crippen LogP contribution in [0.3, 0.4) is 0 Å². The molecule has 1 amide bonds. The van der Waals surface area contributed by atoms with Crippen LogP contribution in [-0.4, -0.2) is 29.4 Å². The molecule has 1 aromatic heterocycles. The normalized spacial score (nSPS) is 10.8. The van der Waals surface area contributed by atoms with Crippen LogP contribution in [0.25, 0.3) is 11.3 Å². The third-order valence-corrected chi connectivity index (χ3v) is 3.78. The molecule has 126 valence electrons. The summed E-state index contributed by atoms with van der Waals surface area (Å²) in [5, 5.41) is 11.5. The number of aromatic nitrogens is 2. The molecule has 0 aliphatic rings. The number of benzene rings is 2. The van der Waals surface area contributed by atoms with Gasteiger partial charge in [-0.2, -0.15) is 10.2 Å². The van der Waals surface area contributed by atoms with Crippen molar-refractivity contribution in [1.29, 1.82) is 0 Å². The molecule has 0 aliphatic carbocycles. The minimum Gasteiger partial charge on any atom is -0.497 e. The first-order valence-corrected chi connectivity index (χ1v) is 7.82. The van der Waals surface area contributed by atoms with Crippen LogP contribution in [0.1, 0.15) is 15.9 Å². The Kier molecular flexibility index (Phi) is 5.11. The maximum Gasteiger partial charge on any atom is 0.271 e. The standard InChI is InChI=1S/C18H15ClN4O2/c1-25-16-8-4-12(5-9-16)17-14(10-20-22-17)11-21-23-18(24)13-2-6-15(19)7-3-13/h2-11H,1H3,(H,20,22)(H,23,24)/b21-11-. The Labute approximate surface area is 149 Å². The van der Waals surface area contributed by atoms with Crippen molar-refractivity contribution in [2.45, 2.75) is 0 Å². The fourth-order valence-corrected chi connectivity index (χ4v) is 2.33. The van der Waals surface area contributed by atoms with Gasteiger partial charge < -0.3 is 4.74 Å². The number of H-pyrrole nitrogens is 1. The van der Waals surface area contributed by atoms with Gasteiger partial charge >= 0.3 is 0 Å². The lowest BCUT2D eigenvalue weighted by Gasteiger charge is -2.03. The monoisotopic (exact) mass is 354 g/mol. The number of hydrazone groups is 1. The van der Waals surface area contributed by atoms with E-state index in [4.69, 9.17) is 16.3 Å². The van der Waals surface area contributed by atoms with Gasteiger partial charge in [0.15, 0.2) is 0 Å². The minimum absolute atomic E-state index is 0.317. The number of aromatic amines is 1. The lowest BCUT2D eigenvalue weighted by Crippen LogP contribution is -2.17. The van der Waals surface area contributed by atoms with E-state index in [1.54, 1.807) is 37.6 Å². The van der Waals surface area contributed by atoms with E-state index in [1.165, 1.54) is 6.21 Å². The van der Waals surface area contributed by atoms with Crippen molar-refractivity contribution in [2.75, 3.05) is 7.11 Å². The average Bonchev–Trinajstić information content (AvgIpc) is 3.11. The van der Waals surface area contributed by atoms with Gasteiger partial charge in [-0.05, 0) is 48.5 Å². The van der Waals surface area contributed by atoms with Gasteiger partial charge in [-0.15, -0.1) is 0 Å². The summed E-state index contributed by atoms with van der Waals surface area (Å²) >= 11 is 5.80. The smallest absolute Gasteiger partial charge is 0.271 e. The number of carbonyl (C=O) groups excluding carboxylic acids is 1. The van der Waals surface area contributed by atoms with Crippen LogP contribution in [0.5, 0.6) is 5.75 Å². The Balaban J connectivity index is 1.71. The van der Waals surface area contributed by atoms with Gasteiger partial charge in [0, 0.05) is 21.7 Å². The van der Waals surface area contributed by atoms with E-state index < -0.39 is 0 Å². The SMILES string of the molecule is COc1ccc(-c2[nH]ncc2/C=N\NC(=O)c2ccc(Cl)cc2)cc1. The maximum atomic E-state index is 12.0. The Bertz CT molecular complexity index is 886. The number of carbonyl (C=O) groups is 1. The second kappa shape index (κ2) is 7.63. The Morgan fingerprint density at radius 3 is 2.60 bits per heavy atom. The number of amides is 1. The van der Waals surface area contributed by atoms with Gasteiger partial charge in [-0.3, -0.25) is 9.89 Å². The molecule has 2 aromatic carbocycles. The number of rotatable bonds is 5. The molecule has 0 saturated carbocycles. The molecule has 0 spiro atoms. The van der Waals surface area contributed by atoms with Crippen LogP contribution >= 0.6 is 11.6 Å². The first kappa shape index (κ1) is 16.7. The van der Waals surface area contributed by atoms with Crippen molar-refractivity contribution >= 4 is 23.7 Å². The quantitative estimate of drug-likeness (QED) is 0.543. The molecule has 0 saturated heterocycles. The van der Waals surface area contributed by atoms with Gasteiger partial charge in [-0.1, -0.05) is 11.6 Å². The molecule has 0 bridgehead atoms. The summed E-state index contributed by atoms with van der Waals surface area (Å²) in [6.45, 7) is 0. The molecule has 0 unspecified atom stereocenters. The van der Waals surface area contributed by atoms with Crippen LogP contribution in [0.15, 0.2) is 59.8 Å². The maximum absolute atomic E-state index is 12.0. The molecular formula is C18H15ClN4O2. The molecule has 0 fully saturated rings. The first-order valence-electron chi connectivity index (χ1n) is 7.44. The number of hydrogen-bond acceptors (Lipinski definition) is 4. The van der Waals surface area contributed by atoms with Crippen LogP contribution < -0.4 is 10.2 Å². The van der Waals surface area contributed by atoms with E-state index in [-0.39, 0.29) is 5.91 Å². The second-order valence-electron chi connectivity index (χ2n) is 5.13. The summed E-state index contributed by atoms with van der Waals surface area (Å²) in [5.41, 5.74) is 5.44. The minimum atomic E-state index is -0.317. The zero-order chi connectivity index (χ0) is 17.6. The fraction of sp³-hybridized carbons (Fsp3) is 0.0556. The van der Waals surface area contributed by atoms with Gasteiger partial charge in [-0.25, -0.2) is 5.43 Å². The zero-order valence-electron chi connectivity index (χ0n) is 13.4. The van der Waals surface area contributed by atoms with E-state index in [9.17, 15) is 4.79 Å². The second-order valence-corrected chi connectivity index (χ2v) is 5.57. The topological polar surface area (TPSA) is 79.4 Å². The third-order valence-electron chi connectivity index (χ3n) is 3.52. The van der Waals surface area contributed by atoms with E-state index in [2.05, 4.69) is 20.7 Å². The van der Waals surface area contributed by atoms with Crippen molar-refractivity contribution in [3.05, 3.63) is 70.9 Å². The summed E-state index contributed by atoms with van der Waals surface area (Å²) in [7, 11) is 1.62. The van der Waals surface area contributed by atoms with Crippen LogP contribution in [0.2, 0.25) is 5.02 Å². The van der Waals surface area contributed by atoms with Crippen molar-refractivity contribution < 1.29 is 9.53 Å². The molecule has 0 atom stereocenters. The molecule has 6 nitrogen and oxygen atoms in total. The summed E-state index contributed by atoms with van der Waals surface area (Å²) in [5.74, 6) is 0.455. The highest BCUT2D eigenvalue weighted by Crippen LogP contribution is 2.22. The molecule has 1 heterocycles. The molecule has 3 aromatic rings. The Morgan fingerprint density at radius 1 is 1.20 bits per heavy atom. The zero-order valence-corrected chi connectivity index (χ0v) is 14.1. The highest BCUT2D eigenvalue weighted by atomic mass is 35.5. The number of nitrogens with one attached hydrogen (secondary N) is 2. The molecule has 0 aliphatic heterocycles. The van der Waals surface area contributed by atoms with Gasteiger partial charge in [0.05, 0.1) is 25.2 Å². The van der Waals surface area contributed by atoms with E-state index in [1.807, 2.05) is 24.3 Å². The average molecular weight is 355 g/mol. The summed E-state index contributed by atoms with van der Waals surface area (Å²) in [4.78, 5) is 12.0. The van der Waals surface area contributed by atoms with E-state index >= 15 is 0 Å². The summed E-state index contributed by atoms with van der Waals surface area (Å²) < 4.78 is 5.15.